The van der Waals surface area contributed by atoms with Crippen molar-refractivity contribution in [2.75, 3.05) is 31.5 Å². The molecule has 0 aliphatic carbocycles. The average molecular weight is 523 g/mol. The first-order valence-corrected chi connectivity index (χ1v) is 13.2. The number of carbonyl (C=O) groups is 2. The van der Waals surface area contributed by atoms with E-state index in [0.29, 0.717) is 34.6 Å². The molecule has 2 aromatic carbocycles. The maximum atomic E-state index is 13.9. The molecular formula is C30H30N6O3. The maximum Gasteiger partial charge on any atom is 0.259 e. The smallest absolute Gasteiger partial charge is 0.259 e. The number of aromatic nitrogens is 3. The van der Waals surface area contributed by atoms with Gasteiger partial charge in [0.1, 0.15) is 11.2 Å². The lowest BCUT2D eigenvalue weighted by Crippen LogP contribution is -2.36. The van der Waals surface area contributed by atoms with Crippen molar-refractivity contribution in [3.63, 3.8) is 0 Å². The molecule has 0 radical (unpaired) electrons. The van der Waals surface area contributed by atoms with Gasteiger partial charge in [0.25, 0.3) is 5.91 Å². The zero-order valence-electron chi connectivity index (χ0n) is 22.0. The Morgan fingerprint density at radius 1 is 0.974 bits per heavy atom. The molecule has 5 aromatic rings. The molecule has 39 heavy (non-hydrogen) atoms. The Balaban J connectivity index is 1.52. The highest BCUT2D eigenvalue weighted by atomic mass is 16.2. The lowest BCUT2D eigenvalue weighted by atomic mass is 10.1. The summed E-state index contributed by atoms with van der Waals surface area (Å²) in [6, 6.07) is 18.7. The van der Waals surface area contributed by atoms with Crippen LogP contribution in [0, 0.1) is 0 Å². The van der Waals surface area contributed by atoms with Crippen LogP contribution in [0.15, 0.2) is 65.5 Å². The Morgan fingerprint density at radius 3 is 2.51 bits per heavy atom. The van der Waals surface area contributed by atoms with Crippen molar-refractivity contribution < 1.29 is 9.59 Å². The van der Waals surface area contributed by atoms with E-state index in [-0.39, 0.29) is 22.8 Å². The Labute approximate surface area is 225 Å². The minimum Gasteiger partial charge on any atom is -0.351 e. The Kier molecular flexibility index (Phi) is 6.36. The SMILES string of the molecule is CC(=O)Nc1cccc(-c2ccc3c(=O)c(C(=O)NCCN4CCCC4)c4n(C)c5ccccc5n4c3n2)c1. The fraction of sp³-hybridized carbons (Fsp3) is 0.267. The van der Waals surface area contributed by atoms with E-state index in [0.717, 1.165) is 36.2 Å². The van der Waals surface area contributed by atoms with Gasteiger partial charge in [-0.3, -0.25) is 18.8 Å². The van der Waals surface area contributed by atoms with Gasteiger partial charge in [-0.15, -0.1) is 0 Å². The van der Waals surface area contributed by atoms with Crippen molar-refractivity contribution in [2.45, 2.75) is 19.8 Å². The third kappa shape index (κ3) is 4.44. The molecular weight excluding hydrogens is 492 g/mol. The highest BCUT2D eigenvalue weighted by Gasteiger charge is 2.24. The summed E-state index contributed by atoms with van der Waals surface area (Å²) in [6.07, 6.45) is 2.37. The van der Waals surface area contributed by atoms with E-state index in [9.17, 15) is 14.4 Å². The standard InChI is InChI=1S/C30H30N6O3/c1-19(37)32-21-9-7-8-20(18-21)23-13-12-22-27(38)26(29(39)31-14-17-35-15-5-6-16-35)30-34(2)24-10-3-4-11-25(24)36(30)28(22)33-23/h3-4,7-13,18H,5-6,14-17H2,1-2H3,(H,31,39)(H,32,37). The second kappa shape index (κ2) is 9.99. The first-order valence-electron chi connectivity index (χ1n) is 13.2. The maximum absolute atomic E-state index is 13.9. The number of fused-ring (bicyclic) bond motifs is 5. The Hall–Kier alpha value is -4.50. The number of carbonyl (C=O) groups excluding carboxylic acids is 2. The number of hydrogen-bond donors (Lipinski definition) is 2. The second-order valence-electron chi connectivity index (χ2n) is 10.0. The molecule has 0 unspecified atom stereocenters. The minimum atomic E-state index is -0.378. The van der Waals surface area contributed by atoms with Crippen LogP contribution in [-0.4, -0.2) is 56.8 Å². The van der Waals surface area contributed by atoms with E-state index in [1.807, 2.05) is 64.5 Å². The van der Waals surface area contributed by atoms with Crippen molar-refractivity contribution in [1.29, 1.82) is 0 Å². The van der Waals surface area contributed by atoms with Gasteiger partial charge in [-0.05, 0) is 62.3 Å². The molecule has 3 aromatic heterocycles. The van der Waals surface area contributed by atoms with E-state index < -0.39 is 0 Å². The molecule has 0 atom stereocenters. The summed E-state index contributed by atoms with van der Waals surface area (Å²) in [4.78, 5) is 46.2. The van der Waals surface area contributed by atoms with Gasteiger partial charge in [0.2, 0.25) is 11.3 Å². The predicted octanol–water partition coefficient (Wildman–Crippen LogP) is 3.79. The number of pyridine rings is 2. The van der Waals surface area contributed by atoms with Gasteiger partial charge < -0.3 is 20.1 Å². The second-order valence-corrected chi connectivity index (χ2v) is 10.0. The van der Waals surface area contributed by atoms with Gasteiger partial charge in [-0.25, -0.2) is 4.98 Å². The van der Waals surface area contributed by atoms with Crippen LogP contribution >= 0.6 is 0 Å². The summed E-state index contributed by atoms with van der Waals surface area (Å²) in [5.74, 6) is -0.537. The number of likely N-dealkylation sites (tertiary alicyclic amines) is 1. The molecule has 2 amide bonds. The summed E-state index contributed by atoms with van der Waals surface area (Å²) in [7, 11) is 1.87. The van der Waals surface area contributed by atoms with Gasteiger partial charge in [-0.2, -0.15) is 0 Å². The van der Waals surface area contributed by atoms with Crippen LogP contribution in [-0.2, 0) is 11.8 Å². The number of nitrogens with zero attached hydrogens (tertiary/aromatic N) is 4. The third-order valence-corrected chi connectivity index (χ3v) is 7.41. The van der Waals surface area contributed by atoms with Crippen LogP contribution in [0.5, 0.6) is 0 Å². The summed E-state index contributed by atoms with van der Waals surface area (Å²) >= 11 is 0. The number of rotatable bonds is 6. The van der Waals surface area contributed by atoms with Crippen molar-refractivity contribution in [3.05, 3.63) is 76.5 Å². The number of hydrogen-bond acceptors (Lipinski definition) is 5. The zero-order valence-corrected chi connectivity index (χ0v) is 22.0. The number of aryl methyl sites for hydroxylation is 1. The average Bonchev–Trinajstić information content (AvgIpc) is 3.55. The van der Waals surface area contributed by atoms with Gasteiger partial charge in [0, 0.05) is 38.3 Å². The van der Waals surface area contributed by atoms with E-state index in [4.69, 9.17) is 4.98 Å². The highest BCUT2D eigenvalue weighted by molar-refractivity contribution is 6.06. The molecule has 1 saturated heterocycles. The van der Waals surface area contributed by atoms with Crippen molar-refractivity contribution in [1.82, 2.24) is 24.2 Å². The molecule has 4 heterocycles. The molecule has 9 nitrogen and oxygen atoms in total. The zero-order chi connectivity index (χ0) is 27.1. The fourth-order valence-corrected chi connectivity index (χ4v) is 5.59. The van der Waals surface area contributed by atoms with Gasteiger partial charge in [-0.1, -0.05) is 24.3 Å². The molecule has 2 N–H and O–H groups in total. The first-order chi connectivity index (χ1) is 18.9. The van der Waals surface area contributed by atoms with Crippen LogP contribution in [0.3, 0.4) is 0 Å². The Bertz CT molecular complexity index is 1810. The van der Waals surface area contributed by atoms with E-state index >= 15 is 0 Å². The number of amides is 2. The number of nitrogens with one attached hydrogen (secondary N) is 2. The summed E-state index contributed by atoms with van der Waals surface area (Å²) in [6.45, 7) is 4.80. The van der Waals surface area contributed by atoms with Gasteiger partial charge in [0.15, 0.2) is 5.65 Å². The largest absolute Gasteiger partial charge is 0.351 e. The number of anilines is 1. The third-order valence-electron chi connectivity index (χ3n) is 7.41. The molecule has 198 valence electrons. The summed E-state index contributed by atoms with van der Waals surface area (Å²) in [5, 5.41) is 6.16. The van der Waals surface area contributed by atoms with Crippen LogP contribution in [0.1, 0.15) is 30.1 Å². The Morgan fingerprint density at radius 2 is 1.74 bits per heavy atom. The minimum absolute atomic E-state index is 0.116. The van der Waals surface area contributed by atoms with Crippen molar-refractivity contribution in [3.8, 4) is 11.3 Å². The lowest BCUT2D eigenvalue weighted by molar-refractivity contribution is -0.114. The molecule has 1 aliphatic rings. The van der Waals surface area contributed by atoms with Crippen LogP contribution in [0.25, 0.3) is 39.0 Å². The normalized spacial score (nSPS) is 13.9. The predicted molar refractivity (Wildman–Crippen MR) is 153 cm³/mol. The molecule has 0 bridgehead atoms. The molecule has 6 rings (SSSR count). The van der Waals surface area contributed by atoms with E-state index in [1.165, 1.54) is 19.8 Å². The molecule has 9 heteroatoms. The molecule has 0 saturated carbocycles. The van der Waals surface area contributed by atoms with Gasteiger partial charge in [0.05, 0.1) is 22.1 Å². The molecule has 1 fully saturated rings. The monoisotopic (exact) mass is 522 g/mol. The van der Waals surface area contributed by atoms with Crippen molar-refractivity contribution in [2.24, 2.45) is 7.05 Å². The number of imidazole rings is 1. The van der Waals surface area contributed by atoms with Crippen LogP contribution in [0.4, 0.5) is 5.69 Å². The highest BCUT2D eigenvalue weighted by Crippen LogP contribution is 2.28. The fourth-order valence-electron chi connectivity index (χ4n) is 5.59. The van der Waals surface area contributed by atoms with E-state index in [1.54, 1.807) is 12.1 Å². The first kappa shape index (κ1) is 24.8. The van der Waals surface area contributed by atoms with Crippen LogP contribution < -0.4 is 16.1 Å². The van der Waals surface area contributed by atoms with Gasteiger partial charge >= 0.3 is 0 Å². The molecule has 1 aliphatic heterocycles. The topological polar surface area (TPSA) is 101 Å². The van der Waals surface area contributed by atoms with E-state index in [2.05, 4.69) is 15.5 Å². The number of para-hydroxylation sites is 2. The van der Waals surface area contributed by atoms with Crippen molar-refractivity contribution >= 4 is 45.2 Å². The summed E-state index contributed by atoms with van der Waals surface area (Å²) in [5.41, 5.74) is 4.60. The lowest BCUT2D eigenvalue weighted by Gasteiger charge is -2.15. The van der Waals surface area contributed by atoms with Crippen LogP contribution in [0.2, 0.25) is 0 Å². The summed E-state index contributed by atoms with van der Waals surface area (Å²) < 4.78 is 3.79. The molecule has 0 spiro atoms. The quantitative estimate of drug-likeness (QED) is 0.353. The number of benzene rings is 2.